The molecular weight excluding hydrogens is 405 g/mol. The Morgan fingerprint density at radius 1 is 1.18 bits per heavy atom. The van der Waals surface area contributed by atoms with Crippen LogP contribution in [0.15, 0.2) is 45.7 Å². The summed E-state index contributed by atoms with van der Waals surface area (Å²) in [6, 6.07) is 8.14. The van der Waals surface area contributed by atoms with Crippen molar-refractivity contribution in [3.63, 3.8) is 0 Å². The van der Waals surface area contributed by atoms with Crippen LogP contribution in [0.3, 0.4) is 0 Å². The van der Waals surface area contributed by atoms with Gasteiger partial charge in [-0.05, 0) is 43.2 Å². The highest BCUT2D eigenvalue weighted by molar-refractivity contribution is 7.90. The Morgan fingerprint density at radius 2 is 2.00 bits per heavy atom. The fourth-order valence-electron chi connectivity index (χ4n) is 3.44. The second kappa shape index (κ2) is 7.18. The molecule has 2 aromatic carbocycles. The van der Waals surface area contributed by atoms with E-state index in [0.717, 1.165) is 25.3 Å². The van der Waals surface area contributed by atoms with Crippen molar-refractivity contribution in [2.75, 3.05) is 16.8 Å². The van der Waals surface area contributed by atoms with E-state index in [-0.39, 0.29) is 21.2 Å². The molecule has 2 aromatic rings. The maximum atomic E-state index is 13.3. The molecule has 1 saturated heterocycles. The molecule has 0 radical (unpaired) electrons. The highest BCUT2D eigenvalue weighted by Crippen LogP contribution is 2.38. The Bertz CT molecular complexity index is 1100. The molecule has 28 heavy (non-hydrogen) atoms. The molecule has 2 heterocycles. The predicted octanol–water partition coefficient (Wildman–Crippen LogP) is 4.21. The fraction of sp³-hybridized carbons (Fsp3) is 0.263. The number of fused-ring (bicyclic) bond motifs is 3. The van der Waals surface area contributed by atoms with Crippen molar-refractivity contribution >= 4 is 44.7 Å². The Morgan fingerprint density at radius 3 is 2.79 bits per heavy atom. The van der Waals surface area contributed by atoms with Crippen LogP contribution < -0.4 is 10.2 Å². The molecule has 2 aliphatic heterocycles. The molecule has 0 spiro atoms. The van der Waals surface area contributed by atoms with Crippen LogP contribution >= 0.6 is 11.6 Å². The maximum Gasteiger partial charge on any atom is 0.286 e. The number of carbonyl (C=O) groups excluding carboxylic acids is 1. The number of sulfonamides is 1. The van der Waals surface area contributed by atoms with Crippen LogP contribution in [-0.4, -0.2) is 26.7 Å². The third-order valence-corrected chi connectivity index (χ3v) is 6.41. The number of rotatable bonds is 2. The van der Waals surface area contributed by atoms with E-state index in [0.29, 0.717) is 24.5 Å². The van der Waals surface area contributed by atoms with Gasteiger partial charge in [0.1, 0.15) is 16.5 Å². The van der Waals surface area contributed by atoms with E-state index < -0.39 is 21.7 Å². The Kier molecular flexibility index (Phi) is 4.84. The summed E-state index contributed by atoms with van der Waals surface area (Å²) in [6.45, 7) is 0.645. The van der Waals surface area contributed by atoms with E-state index in [1.54, 1.807) is 0 Å². The zero-order valence-electron chi connectivity index (χ0n) is 14.8. The third-order valence-electron chi connectivity index (χ3n) is 4.76. The van der Waals surface area contributed by atoms with Gasteiger partial charge < -0.3 is 10.2 Å². The zero-order valence-corrected chi connectivity index (χ0v) is 16.4. The van der Waals surface area contributed by atoms with Gasteiger partial charge in [0, 0.05) is 18.7 Å². The van der Waals surface area contributed by atoms with E-state index in [1.807, 2.05) is 4.90 Å². The molecule has 2 aliphatic rings. The number of halogens is 2. The minimum atomic E-state index is -3.93. The highest BCUT2D eigenvalue weighted by Gasteiger charge is 2.33. The summed E-state index contributed by atoms with van der Waals surface area (Å²) in [5.74, 6) is -0.614. The van der Waals surface area contributed by atoms with Gasteiger partial charge in [-0.25, -0.2) is 4.39 Å². The van der Waals surface area contributed by atoms with E-state index in [9.17, 15) is 17.6 Å². The summed E-state index contributed by atoms with van der Waals surface area (Å²) in [6.07, 6.45) is 3.37. The van der Waals surface area contributed by atoms with Gasteiger partial charge in [0.2, 0.25) is 0 Å². The van der Waals surface area contributed by atoms with E-state index in [1.165, 1.54) is 30.3 Å². The lowest BCUT2D eigenvalue weighted by atomic mass is 10.1. The summed E-state index contributed by atoms with van der Waals surface area (Å²) in [5.41, 5.74) is 0.676. The number of hydrogen-bond acceptors (Lipinski definition) is 4. The lowest BCUT2D eigenvalue weighted by Gasteiger charge is -2.30. The summed E-state index contributed by atoms with van der Waals surface area (Å²) >= 11 is 6.32. The Labute approximate surface area is 167 Å². The molecular formula is C19H17ClFN3O3S. The predicted molar refractivity (Wildman–Crippen MR) is 106 cm³/mol. The molecule has 0 saturated carbocycles. The standard InChI is InChI=1S/C19H17ClFN3O3S/c20-15-11-16-17(28(26,27)23-18-7-2-1-3-8-24(16)18)10-14(15)19(25)22-13-6-4-5-12(21)9-13/h4-6,9-11H,1-3,7-8H2,(H,22,25). The number of amides is 1. The largest absolute Gasteiger partial charge is 0.328 e. The minimum Gasteiger partial charge on any atom is -0.328 e. The molecule has 0 atom stereocenters. The highest BCUT2D eigenvalue weighted by atomic mass is 35.5. The van der Waals surface area contributed by atoms with Crippen molar-refractivity contribution in [2.45, 2.75) is 30.6 Å². The number of nitrogens with zero attached hydrogens (tertiary/aromatic N) is 2. The molecule has 0 bridgehead atoms. The molecule has 0 aromatic heterocycles. The molecule has 1 amide bonds. The first-order chi connectivity index (χ1) is 13.3. The Balaban J connectivity index is 1.75. The van der Waals surface area contributed by atoms with E-state index in [4.69, 9.17) is 11.6 Å². The average molecular weight is 422 g/mol. The van der Waals surface area contributed by atoms with Gasteiger partial charge in [-0.1, -0.05) is 24.1 Å². The molecule has 1 N–H and O–H groups in total. The van der Waals surface area contributed by atoms with Crippen molar-refractivity contribution in [3.05, 3.63) is 52.8 Å². The summed E-state index contributed by atoms with van der Waals surface area (Å²) < 4.78 is 42.7. The molecule has 0 aliphatic carbocycles. The number of carbonyl (C=O) groups is 1. The van der Waals surface area contributed by atoms with E-state index >= 15 is 0 Å². The number of nitrogens with one attached hydrogen (secondary N) is 1. The molecule has 0 unspecified atom stereocenters. The molecule has 4 rings (SSSR count). The lowest BCUT2D eigenvalue weighted by molar-refractivity contribution is 0.102. The number of anilines is 2. The first-order valence-corrected chi connectivity index (χ1v) is 10.7. The third kappa shape index (κ3) is 3.49. The quantitative estimate of drug-likeness (QED) is 0.787. The van der Waals surface area contributed by atoms with Gasteiger partial charge in [0.15, 0.2) is 0 Å². The minimum absolute atomic E-state index is 0.0123. The summed E-state index contributed by atoms with van der Waals surface area (Å²) in [4.78, 5) is 14.4. The van der Waals surface area contributed by atoms with Gasteiger partial charge in [-0.3, -0.25) is 4.79 Å². The second-order valence-electron chi connectivity index (χ2n) is 6.71. The SMILES string of the molecule is O=C(Nc1cccc(F)c1)c1cc2c(cc1Cl)N1CCCCCC1=NS2(=O)=O. The van der Waals surface area contributed by atoms with Gasteiger partial charge >= 0.3 is 0 Å². The van der Waals surface area contributed by atoms with Crippen molar-refractivity contribution in [3.8, 4) is 0 Å². The first kappa shape index (κ1) is 18.9. The topological polar surface area (TPSA) is 78.8 Å². The van der Waals surface area contributed by atoms with Crippen molar-refractivity contribution < 1.29 is 17.6 Å². The number of amidine groups is 1. The number of benzene rings is 2. The van der Waals surface area contributed by atoms with Crippen LogP contribution in [0.5, 0.6) is 0 Å². The fourth-order valence-corrected chi connectivity index (χ4v) is 4.94. The molecule has 146 valence electrons. The van der Waals surface area contributed by atoms with Gasteiger partial charge in [-0.2, -0.15) is 8.42 Å². The monoisotopic (exact) mass is 421 g/mol. The maximum absolute atomic E-state index is 13.3. The van der Waals surface area contributed by atoms with Crippen molar-refractivity contribution in [1.29, 1.82) is 0 Å². The van der Waals surface area contributed by atoms with Crippen LogP contribution in [0.4, 0.5) is 15.8 Å². The smallest absolute Gasteiger partial charge is 0.286 e. The molecule has 1 fully saturated rings. The van der Waals surface area contributed by atoms with Crippen LogP contribution in [0.25, 0.3) is 0 Å². The second-order valence-corrected chi connectivity index (χ2v) is 8.69. The van der Waals surface area contributed by atoms with Crippen LogP contribution in [-0.2, 0) is 10.0 Å². The van der Waals surface area contributed by atoms with Crippen LogP contribution in [0.1, 0.15) is 36.0 Å². The normalized spacial score (nSPS) is 17.8. The van der Waals surface area contributed by atoms with E-state index in [2.05, 4.69) is 9.71 Å². The first-order valence-electron chi connectivity index (χ1n) is 8.87. The average Bonchev–Trinajstić information content (AvgIpc) is 2.86. The van der Waals surface area contributed by atoms with Crippen LogP contribution in [0.2, 0.25) is 5.02 Å². The zero-order chi connectivity index (χ0) is 19.9. The van der Waals surface area contributed by atoms with Crippen molar-refractivity contribution in [2.24, 2.45) is 4.40 Å². The number of hydrogen-bond donors (Lipinski definition) is 1. The van der Waals surface area contributed by atoms with Gasteiger partial charge in [0.05, 0.1) is 16.3 Å². The molecule has 6 nitrogen and oxygen atoms in total. The summed E-state index contributed by atoms with van der Waals surface area (Å²) in [7, 11) is -3.93. The van der Waals surface area contributed by atoms with Crippen LogP contribution in [0, 0.1) is 5.82 Å². The summed E-state index contributed by atoms with van der Waals surface area (Å²) in [5, 5.41) is 2.65. The Hall–Kier alpha value is -2.45. The van der Waals surface area contributed by atoms with Gasteiger partial charge in [0.25, 0.3) is 15.9 Å². The van der Waals surface area contributed by atoms with Gasteiger partial charge in [-0.15, -0.1) is 4.40 Å². The lowest BCUT2D eigenvalue weighted by Crippen LogP contribution is -2.35. The van der Waals surface area contributed by atoms with Crippen molar-refractivity contribution in [1.82, 2.24) is 0 Å². The molecule has 9 heteroatoms.